The molecule has 1 amide bonds. The number of nitrogens with zero attached hydrogens (tertiary/aromatic N) is 1. The number of carbonyl (C=O) groups excluding carboxylic acids is 1. The van der Waals surface area contributed by atoms with Crippen molar-refractivity contribution in [3.8, 4) is 0 Å². The Kier molecular flexibility index (Phi) is 3.46. The van der Waals surface area contributed by atoms with Crippen molar-refractivity contribution < 1.29 is 4.79 Å². The van der Waals surface area contributed by atoms with Crippen LogP contribution in [-0.2, 0) is 11.2 Å². The predicted molar refractivity (Wildman–Crippen MR) is 83.2 cm³/mol. The fourth-order valence-electron chi connectivity index (χ4n) is 4.44. The number of amides is 1. The van der Waals surface area contributed by atoms with Gasteiger partial charge in [0, 0.05) is 12.6 Å². The average molecular weight is 284 g/mol. The summed E-state index contributed by atoms with van der Waals surface area (Å²) in [5.41, 5.74) is 2.64. The van der Waals surface area contributed by atoms with Gasteiger partial charge in [-0.1, -0.05) is 24.3 Å². The SMILES string of the molecule is O=C(NC1CN2CCC1CC2)C1CCCc2ccccc21. The summed E-state index contributed by atoms with van der Waals surface area (Å²) in [5.74, 6) is 1.05. The van der Waals surface area contributed by atoms with E-state index in [2.05, 4.69) is 34.5 Å². The molecular formula is C18H24N2O. The molecule has 2 atom stereocenters. The zero-order valence-corrected chi connectivity index (χ0v) is 12.6. The van der Waals surface area contributed by atoms with Crippen molar-refractivity contribution in [3.05, 3.63) is 35.4 Å². The van der Waals surface area contributed by atoms with E-state index in [0.29, 0.717) is 12.0 Å². The van der Waals surface area contributed by atoms with E-state index >= 15 is 0 Å². The number of carbonyl (C=O) groups is 1. The van der Waals surface area contributed by atoms with Gasteiger partial charge >= 0.3 is 0 Å². The summed E-state index contributed by atoms with van der Waals surface area (Å²) in [6.45, 7) is 3.51. The van der Waals surface area contributed by atoms with Crippen molar-refractivity contribution in [2.24, 2.45) is 5.92 Å². The number of benzene rings is 1. The number of fused-ring (bicyclic) bond motifs is 4. The topological polar surface area (TPSA) is 32.3 Å². The van der Waals surface area contributed by atoms with E-state index in [1.807, 2.05) is 0 Å². The first-order valence-corrected chi connectivity index (χ1v) is 8.42. The summed E-state index contributed by atoms with van der Waals surface area (Å²) in [6.07, 6.45) is 5.78. The van der Waals surface area contributed by atoms with Crippen molar-refractivity contribution in [2.45, 2.75) is 44.1 Å². The fourth-order valence-corrected chi connectivity index (χ4v) is 4.44. The summed E-state index contributed by atoms with van der Waals surface area (Å²) < 4.78 is 0. The first kappa shape index (κ1) is 13.3. The molecule has 0 spiro atoms. The van der Waals surface area contributed by atoms with Crippen LogP contribution in [0, 0.1) is 5.92 Å². The van der Waals surface area contributed by atoms with Crippen molar-refractivity contribution in [1.29, 1.82) is 0 Å². The van der Waals surface area contributed by atoms with Gasteiger partial charge in [-0.15, -0.1) is 0 Å². The van der Waals surface area contributed by atoms with Crippen LogP contribution in [0.4, 0.5) is 0 Å². The van der Waals surface area contributed by atoms with Crippen molar-refractivity contribution >= 4 is 5.91 Å². The lowest BCUT2D eigenvalue weighted by atomic mass is 9.80. The molecule has 3 heteroatoms. The highest BCUT2D eigenvalue weighted by Gasteiger charge is 2.36. The van der Waals surface area contributed by atoms with Crippen LogP contribution in [0.1, 0.15) is 42.7 Å². The van der Waals surface area contributed by atoms with Crippen LogP contribution >= 0.6 is 0 Å². The third-order valence-corrected chi connectivity index (χ3v) is 5.67. The monoisotopic (exact) mass is 284 g/mol. The zero-order valence-electron chi connectivity index (χ0n) is 12.6. The van der Waals surface area contributed by atoms with Crippen LogP contribution in [0.2, 0.25) is 0 Å². The van der Waals surface area contributed by atoms with E-state index < -0.39 is 0 Å². The van der Waals surface area contributed by atoms with E-state index in [1.165, 1.54) is 37.1 Å². The second kappa shape index (κ2) is 5.45. The second-order valence-corrected chi connectivity index (χ2v) is 6.90. The molecule has 5 rings (SSSR count). The van der Waals surface area contributed by atoms with E-state index in [9.17, 15) is 4.79 Å². The number of piperidine rings is 3. The smallest absolute Gasteiger partial charge is 0.227 e. The minimum Gasteiger partial charge on any atom is -0.351 e. The molecule has 0 radical (unpaired) electrons. The van der Waals surface area contributed by atoms with Crippen LogP contribution < -0.4 is 5.32 Å². The van der Waals surface area contributed by atoms with Crippen molar-refractivity contribution in [3.63, 3.8) is 0 Å². The lowest BCUT2D eigenvalue weighted by Crippen LogP contribution is -2.57. The minimum atomic E-state index is 0.0744. The Labute approximate surface area is 126 Å². The van der Waals surface area contributed by atoms with Gasteiger partial charge in [0.05, 0.1) is 5.92 Å². The second-order valence-electron chi connectivity index (χ2n) is 6.90. The van der Waals surface area contributed by atoms with Crippen molar-refractivity contribution in [2.75, 3.05) is 19.6 Å². The largest absolute Gasteiger partial charge is 0.351 e. The molecule has 2 bridgehead atoms. The Morgan fingerprint density at radius 2 is 1.95 bits per heavy atom. The Balaban J connectivity index is 1.49. The average Bonchev–Trinajstić information content (AvgIpc) is 2.55. The fraction of sp³-hybridized carbons (Fsp3) is 0.611. The minimum absolute atomic E-state index is 0.0744. The lowest BCUT2D eigenvalue weighted by molar-refractivity contribution is -0.125. The van der Waals surface area contributed by atoms with Gasteiger partial charge < -0.3 is 10.2 Å². The van der Waals surface area contributed by atoms with Gasteiger partial charge in [0.25, 0.3) is 0 Å². The summed E-state index contributed by atoms with van der Waals surface area (Å²) in [4.78, 5) is 15.3. The van der Waals surface area contributed by atoms with Crippen LogP contribution in [0.5, 0.6) is 0 Å². The molecule has 3 aliphatic heterocycles. The summed E-state index contributed by atoms with van der Waals surface area (Å²) in [6, 6.07) is 8.87. The van der Waals surface area contributed by atoms with Crippen LogP contribution in [0.15, 0.2) is 24.3 Å². The Hall–Kier alpha value is -1.35. The molecule has 1 aliphatic carbocycles. The first-order valence-electron chi connectivity index (χ1n) is 8.42. The molecule has 1 aromatic carbocycles. The highest BCUT2D eigenvalue weighted by molar-refractivity contribution is 5.84. The quantitative estimate of drug-likeness (QED) is 0.904. The Morgan fingerprint density at radius 1 is 1.14 bits per heavy atom. The molecular weight excluding hydrogens is 260 g/mol. The number of rotatable bonds is 2. The highest BCUT2D eigenvalue weighted by Crippen LogP contribution is 2.33. The van der Waals surface area contributed by atoms with Gasteiger partial charge in [0.1, 0.15) is 0 Å². The molecule has 2 unspecified atom stereocenters. The Bertz CT molecular complexity index is 534. The van der Waals surface area contributed by atoms with Crippen LogP contribution in [0.3, 0.4) is 0 Å². The number of hydrogen-bond donors (Lipinski definition) is 1. The van der Waals surface area contributed by atoms with Gasteiger partial charge in [-0.25, -0.2) is 0 Å². The molecule has 1 N–H and O–H groups in total. The molecule has 21 heavy (non-hydrogen) atoms. The van der Waals surface area contributed by atoms with Gasteiger partial charge in [-0.2, -0.15) is 0 Å². The maximum atomic E-state index is 12.8. The summed E-state index contributed by atoms with van der Waals surface area (Å²) in [7, 11) is 0. The molecule has 1 aromatic rings. The molecule has 3 saturated heterocycles. The van der Waals surface area contributed by atoms with E-state index in [1.54, 1.807) is 0 Å². The van der Waals surface area contributed by atoms with Gasteiger partial charge in [0.15, 0.2) is 0 Å². The Morgan fingerprint density at radius 3 is 2.71 bits per heavy atom. The standard InChI is InChI=1S/C18H24N2O/c21-18(19-17-12-20-10-8-14(17)9-11-20)16-7-3-5-13-4-1-2-6-15(13)16/h1-2,4,6,14,16-17H,3,5,7-12H2,(H,19,21). The molecule has 112 valence electrons. The number of aryl methyl sites for hydroxylation is 1. The van der Waals surface area contributed by atoms with E-state index in [-0.39, 0.29) is 11.8 Å². The molecule has 0 saturated carbocycles. The maximum Gasteiger partial charge on any atom is 0.227 e. The zero-order chi connectivity index (χ0) is 14.2. The summed E-state index contributed by atoms with van der Waals surface area (Å²) >= 11 is 0. The van der Waals surface area contributed by atoms with Gasteiger partial charge in [-0.05, 0) is 62.2 Å². The van der Waals surface area contributed by atoms with Crippen LogP contribution in [0.25, 0.3) is 0 Å². The van der Waals surface area contributed by atoms with Crippen molar-refractivity contribution in [1.82, 2.24) is 10.2 Å². The first-order chi connectivity index (χ1) is 10.3. The number of hydrogen-bond acceptors (Lipinski definition) is 2. The van der Waals surface area contributed by atoms with Gasteiger partial charge in [0.2, 0.25) is 5.91 Å². The molecule has 3 heterocycles. The predicted octanol–water partition coefficient (Wildman–Crippen LogP) is 2.32. The third kappa shape index (κ3) is 2.48. The molecule has 0 aromatic heterocycles. The molecule has 3 fully saturated rings. The van der Waals surface area contributed by atoms with E-state index in [0.717, 1.165) is 25.8 Å². The normalized spacial score (nSPS) is 34.3. The van der Waals surface area contributed by atoms with Gasteiger partial charge in [-0.3, -0.25) is 4.79 Å². The number of nitrogens with one attached hydrogen (secondary N) is 1. The lowest BCUT2D eigenvalue weighted by Gasteiger charge is -2.45. The van der Waals surface area contributed by atoms with Crippen LogP contribution in [-0.4, -0.2) is 36.5 Å². The summed E-state index contributed by atoms with van der Waals surface area (Å²) in [5, 5.41) is 3.38. The third-order valence-electron chi connectivity index (χ3n) is 5.67. The van der Waals surface area contributed by atoms with E-state index in [4.69, 9.17) is 0 Å². The maximum absolute atomic E-state index is 12.8. The highest BCUT2D eigenvalue weighted by atomic mass is 16.2. The molecule has 4 aliphatic rings. The molecule has 3 nitrogen and oxygen atoms in total.